The number of nitrogens with one attached hydrogen (secondary N) is 1. The largest absolute Gasteiger partial charge is 0.497 e. The third-order valence-corrected chi connectivity index (χ3v) is 7.46. The van der Waals surface area contributed by atoms with Crippen LogP contribution in [0.25, 0.3) is 0 Å². The van der Waals surface area contributed by atoms with Crippen LogP contribution in [0.2, 0.25) is 0 Å². The molecule has 2 heterocycles. The van der Waals surface area contributed by atoms with Gasteiger partial charge in [-0.2, -0.15) is 5.10 Å². The number of ether oxygens (including phenoxy) is 1. The molecule has 1 saturated heterocycles. The van der Waals surface area contributed by atoms with Gasteiger partial charge in [0.1, 0.15) is 5.75 Å². The minimum atomic E-state index is -1.26. The van der Waals surface area contributed by atoms with E-state index in [4.69, 9.17) is 4.74 Å². The Balaban J connectivity index is 1.60. The maximum Gasteiger partial charge on any atom is 0.240 e. The molecule has 0 bridgehead atoms. The minimum Gasteiger partial charge on any atom is -0.497 e. The fourth-order valence-electron chi connectivity index (χ4n) is 5.28. The number of amides is 3. The van der Waals surface area contributed by atoms with Crippen LogP contribution in [0.5, 0.6) is 5.75 Å². The Morgan fingerprint density at radius 3 is 2.69 bits per heavy atom. The van der Waals surface area contributed by atoms with Gasteiger partial charge in [-0.15, -0.1) is 0 Å². The summed E-state index contributed by atoms with van der Waals surface area (Å²) >= 11 is 0. The Labute approximate surface area is 212 Å². The summed E-state index contributed by atoms with van der Waals surface area (Å²) in [5.41, 5.74) is 2.65. The Morgan fingerprint density at radius 1 is 1.17 bits per heavy atom. The predicted molar refractivity (Wildman–Crippen MR) is 136 cm³/mol. The van der Waals surface area contributed by atoms with Crippen molar-refractivity contribution in [3.05, 3.63) is 46.8 Å². The molecule has 1 unspecified atom stereocenters. The molecule has 194 valence electrons. The van der Waals surface area contributed by atoms with Gasteiger partial charge >= 0.3 is 0 Å². The van der Waals surface area contributed by atoms with E-state index in [1.807, 2.05) is 25.1 Å². The second-order valence-electron chi connectivity index (χ2n) is 10.3. The van der Waals surface area contributed by atoms with Gasteiger partial charge in [-0.05, 0) is 63.0 Å². The van der Waals surface area contributed by atoms with Crippen LogP contribution in [-0.4, -0.2) is 84.0 Å². The zero-order valence-electron chi connectivity index (χ0n) is 21.8. The summed E-state index contributed by atoms with van der Waals surface area (Å²) in [4.78, 5) is 45.3. The number of fused-ring (bicyclic) bond motifs is 1. The van der Waals surface area contributed by atoms with E-state index < -0.39 is 5.41 Å². The molecule has 0 spiro atoms. The molecule has 2 aliphatic rings. The Morgan fingerprint density at radius 2 is 1.94 bits per heavy atom. The number of hydrogen-bond donors (Lipinski definition) is 1. The van der Waals surface area contributed by atoms with E-state index in [1.54, 1.807) is 37.3 Å². The van der Waals surface area contributed by atoms with E-state index in [2.05, 4.69) is 10.2 Å². The van der Waals surface area contributed by atoms with Crippen LogP contribution in [0.4, 0.5) is 0 Å². The molecule has 0 radical (unpaired) electrons. The highest BCUT2D eigenvalue weighted by Crippen LogP contribution is 2.41. The second kappa shape index (κ2) is 10.8. The zero-order valence-corrected chi connectivity index (χ0v) is 21.8. The van der Waals surface area contributed by atoms with Crippen molar-refractivity contribution in [2.75, 3.05) is 41.3 Å². The number of nitrogens with zero attached hydrogens (tertiary/aromatic N) is 4. The van der Waals surface area contributed by atoms with Crippen LogP contribution < -0.4 is 4.74 Å². The standard InChI is InChI=1S/C27H37N5O4/c1-30(2)13-14-32-25(34)17-27(26(32)35,19-9-8-10-20(15-19)36-4)16-24(33)31(3)18-23-21-11-6-5-7-12-22(21)28-29-23/h8-10,15H,5-7,11-14,16-18H2,1-4H3,(H,28,29). The second-order valence-corrected chi connectivity index (χ2v) is 10.3. The topological polar surface area (TPSA) is 98.8 Å². The molecule has 1 aliphatic carbocycles. The highest BCUT2D eigenvalue weighted by atomic mass is 16.5. The van der Waals surface area contributed by atoms with Crippen molar-refractivity contribution in [1.29, 1.82) is 0 Å². The third-order valence-electron chi connectivity index (χ3n) is 7.46. The lowest BCUT2D eigenvalue weighted by Crippen LogP contribution is -2.44. The fourth-order valence-corrected chi connectivity index (χ4v) is 5.28. The van der Waals surface area contributed by atoms with Crippen molar-refractivity contribution in [1.82, 2.24) is 24.9 Å². The molecule has 2 aromatic rings. The highest BCUT2D eigenvalue weighted by molar-refractivity contribution is 6.10. The van der Waals surface area contributed by atoms with Gasteiger partial charge in [0.25, 0.3) is 0 Å². The molecule has 9 nitrogen and oxygen atoms in total. The number of benzene rings is 1. The number of hydrogen-bond acceptors (Lipinski definition) is 6. The van der Waals surface area contributed by atoms with Crippen LogP contribution >= 0.6 is 0 Å². The number of aromatic nitrogens is 2. The summed E-state index contributed by atoms with van der Waals surface area (Å²) in [5.74, 6) is -0.187. The molecular formula is C27H37N5O4. The van der Waals surface area contributed by atoms with Crippen molar-refractivity contribution in [2.45, 2.75) is 56.9 Å². The van der Waals surface area contributed by atoms with E-state index in [0.717, 1.165) is 31.4 Å². The van der Waals surface area contributed by atoms with Gasteiger partial charge in [0.2, 0.25) is 17.7 Å². The number of imide groups is 1. The normalized spacial score (nSPS) is 20.0. The van der Waals surface area contributed by atoms with Crippen LogP contribution in [0.3, 0.4) is 0 Å². The molecule has 9 heteroatoms. The number of methoxy groups -OCH3 is 1. The number of likely N-dealkylation sites (N-methyl/N-ethyl adjacent to an activating group) is 1. The van der Waals surface area contributed by atoms with Gasteiger partial charge in [-0.25, -0.2) is 0 Å². The van der Waals surface area contributed by atoms with Crippen molar-refractivity contribution in [3.63, 3.8) is 0 Å². The Kier molecular flexibility index (Phi) is 7.78. The molecule has 0 saturated carbocycles. The summed E-state index contributed by atoms with van der Waals surface area (Å²) in [6.45, 7) is 1.22. The van der Waals surface area contributed by atoms with Crippen LogP contribution in [0.1, 0.15) is 54.6 Å². The fraction of sp³-hybridized carbons (Fsp3) is 0.556. The summed E-state index contributed by atoms with van der Waals surface area (Å²) in [6, 6.07) is 7.16. The summed E-state index contributed by atoms with van der Waals surface area (Å²) < 4.78 is 5.39. The quantitative estimate of drug-likeness (QED) is 0.423. The van der Waals surface area contributed by atoms with Gasteiger partial charge < -0.3 is 14.5 Å². The Bertz CT molecular complexity index is 1130. The summed E-state index contributed by atoms with van der Waals surface area (Å²) in [7, 11) is 7.09. The molecule has 3 amide bonds. The molecule has 1 aromatic carbocycles. The number of H-pyrrole nitrogens is 1. The SMILES string of the molecule is COc1cccc(C2(CC(=O)N(C)Cc3n[nH]c4c3CCCCC4)CC(=O)N(CCN(C)C)C2=O)c1. The molecular weight excluding hydrogens is 458 g/mol. The number of rotatable bonds is 9. The van der Waals surface area contributed by atoms with Crippen molar-refractivity contribution < 1.29 is 19.1 Å². The number of aromatic amines is 1. The molecule has 1 aliphatic heterocycles. The molecule has 1 aromatic heterocycles. The predicted octanol–water partition coefficient (Wildman–Crippen LogP) is 2.29. The van der Waals surface area contributed by atoms with Crippen LogP contribution in [0, 0.1) is 0 Å². The monoisotopic (exact) mass is 495 g/mol. The average Bonchev–Trinajstić information content (AvgIpc) is 3.22. The summed E-state index contributed by atoms with van der Waals surface area (Å²) in [6.07, 6.45) is 5.28. The molecule has 1 fully saturated rings. The van der Waals surface area contributed by atoms with Gasteiger partial charge in [0.05, 0.1) is 24.8 Å². The lowest BCUT2D eigenvalue weighted by atomic mass is 9.75. The Hall–Kier alpha value is -3.20. The van der Waals surface area contributed by atoms with E-state index >= 15 is 0 Å². The average molecular weight is 496 g/mol. The van der Waals surface area contributed by atoms with E-state index in [1.165, 1.54) is 22.6 Å². The van der Waals surface area contributed by atoms with Gasteiger partial charge in [-0.3, -0.25) is 24.4 Å². The first-order valence-electron chi connectivity index (χ1n) is 12.7. The molecule has 1 atom stereocenters. The lowest BCUT2D eigenvalue weighted by Gasteiger charge is -2.29. The minimum absolute atomic E-state index is 0.0379. The van der Waals surface area contributed by atoms with Crippen molar-refractivity contribution in [3.8, 4) is 5.75 Å². The van der Waals surface area contributed by atoms with E-state index in [0.29, 0.717) is 30.9 Å². The lowest BCUT2D eigenvalue weighted by molar-refractivity contribution is -0.142. The highest BCUT2D eigenvalue weighted by Gasteiger charge is 2.54. The van der Waals surface area contributed by atoms with Gasteiger partial charge in [0.15, 0.2) is 0 Å². The number of aryl methyl sites for hydroxylation is 1. The zero-order chi connectivity index (χ0) is 25.9. The maximum atomic E-state index is 13.8. The smallest absolute Gasteiger partial charge is 0.240 e. The van der Waals surface area contributed by atoms with Crippen LogP contribution in [-0.2, 0) is 39.2 Å². The number of likely N-dealkylation sites (tertiary alicyclic amines) is 1. The molecule has 4 rings (SSSR count). The summed E-state index contributed by atoms with van der Waals surface area (Å²) in [5, 5.41) is 7.66. The first-order valence-corrected chi connectivity index (χ1v) is 12.7. The maximum absolute atomic E-state index is 13.8. The van der Waals surface area contributed by atoms with Gasteiger partial charge in [-0.1, -0.05) is 18.6 Å². The van der Waals surface area contributed by atoms with Crippen molar-refractivity contribution in [2.24, 2.45) is 0 Å². The third kappa shape index (κ3) is 5.16. The first-order chi connectivity index (χ1) is 17.2. The first kappa shape index (κ1) is 25.9. The van der Waals surface area contributed by atoms with Crippen LogP contribution in [0.15, 0.2) is 24.3 Å². The van der Waals surface area contributed by atoms with Crippen molar-refractivity contribution >= 4 is 17.7 Å². The van der Waals surface area contributed by atoms with Gasteiger partial charge in [0, 0.05) is 38.7 Å². The molecule has 36 heavy (non-hydrogen) atoms. The molecule has 1 N–H and O–H groups in total. The van der Waals surface area contributed by atoms with E-state index in [9.17, 15) is 14.4 Å². The number of carbonyl (C=O) groups excluding carboxylic acids is 3. The number of carbonyl (C=O) groups is 3. The van der Waals surface area contributed by atoms with E-state index in [-0.39, 0.29) is 30.6 Å².